The van der Waals surface area contributed by atoms with Crippen LogP contribution >= 0.6 is 15.9 Å². The van der Waals surface area contributed by atoms with Gasteiger partial charge < -0.3 is 9.73 Å². The number of hydrogen-bond donors (Lipinski definition) is 1. The van der Waals surface area contributed by atoms with Crippen molar-refractivity contribution in [3.05, 3.63) is 23.7 Å². The maximum Gasteiger partial charge on any atom is 0.254 e. The van der Waals surface area contributed by atoms with Gasteiger partial charge in [-0.3, -0.25) is 4.79 Å². The molecule has 1 N–H and O–H groups in total. The molecule has 1 aliphatic carbocycles. The molecule has 0 radical (unpaired) electrons. The average molecular weight is 300 g/mol. The molecule has 4 heteroatoms. The van der Waals surface area contributed by atoms with Gasteiger partial charge in [-0.15, -0.1) is 0 Å². The van der Waals surface area contributed by atoms with Gasteiger partial charge in [0.25, 0.3) is 5.91 Å². The van der Waals surface area contributed by atoms with Crippen LogP contribution in [0, 0.1) is 5.92 Å². The van der Waals surface area contributed by atoms with Crippen molar-refractivity contribution in [2.45, 2.75) is 37.4 Å². The molecule has 0 spiro atoms. The molecule has 1 heterocycles. The fraction of sp³-hybridized carbons (Fsp3) is 0.615. The molecule has 3 nitrogen and oxygen atoms in total. The third-order valence-corrected chi connectivity index (χ3v) is 4.61. The van der Waals surface area contributed by atoms with Crippen LogP contribution in [0.1, 0.15) is 42.3 Å². The molecule has 2 rings (SSSR count). The first-order chi connectivity index (χ1) is 8.22. The number of nitrogens with one attached hydrogen (secondary N) is 1. The third-order valence-electron chi connectivity index (χ3n) is 3.40. The normalized spacial score (nSPS) is 23.9. The quantitative estimate of drug-likeness (QED) is 0.868. The van der Waals surface area contributed by atoms with Crippen LogP contribution in [0.5, 0.6) is 0 Å². The van der Waals surface area contributed by atoms with Crippen LogP contribution in [0.2, 0.25) is 0 Å². The summed E-state index contributed by atoms with van der Waals surface area (Å²) in [5.74, 6) is 1.32. The molecule has 2 atom stereocenters. The predicted molar refractivity (Wildman–Crippen MR) is 70.5 cm³/mol. The Bertz CT molecular complexity index is 389. The SMILES string of the molecule is CCc1occc1C(=O)NCC1CCCC1Br. The number of carbonyl (C=O) groups is 1. The van der Waals surface area contributed by atoms with Crippen LogP contribution < -0.4 is 5.32 Å². The first-order valence-electron chi connectivity index (χ1n) is 6.21. The van der Waals surface area contributed by atoms with Crippen LogP contribution in [0.3, 0.4) is 0 Å². The number of carbonyl (C=O) groups excluding carboxylic acids is 1. The summed E-state index contributed by atoms with van der Waals surface area (Å²) in [5.41, 5.74) is 0.677. The molecule has 1 aromatic heterocycles. The van der Waals surface area contributed by atoms with Crippen molar-refractivity contribution in [3.63, 3.8) is 0 Å². The lowest BCUT2D eigenvalue weighted by atomic mass is 10.1. The Labute approximate surface area is 110 Å². The van der Waals surface area contributed by atoms with Gasteiger partial charge in [0, 0.05) is 17.8 Å². The molecule has 17 heavy (non-hydrogen) atoms. The number of amides is 1. The third kappa shape index (κ3) is 2.92. The zero-order valence-corrected chi connectivity index (χ0v) is 11.6. The Kier molecular flexibility index (Phi) is 4.26. The van der Waals surface area contributed by atoms with E-state index in [1.54, 1.807) is 12.3 Å². The predicted octanol–water partition coefficient (Wildman–Crippen LogP) is 3.14. The Hall–Kier alpha value is -0.770. The lowest BCUT2D eigenvalue weighted by Crippen LogP contribution is -2.31. The Morgan fingerprint density at radius 1 is 1.59 bits per heavy atom. The van der Waals surface area contributed by atoms with Crippen molar-refractivity contribution in [3.8, 4) is 0 Å². The number of aryl methyl sites for hydroxylation is 1. The van der Waals surface area contributed by atoms with Crippen LogP contribution in [0.15, 0.2) is 16.7 Å². The van der Waals surface area contributed by atoms with E-state index in [4.69, 9.17) is 4.42 Å². The molecule has 1 aliphatic rings. The molecular formula is C13H18BrNO2. The van der Waals surface area contributed by atoms with Crippen LogP contribution in [-0.2, 0) is 6.42 Å². The van der Waals surface area contributed by atoms with Crippen molar-refractivity contribution in [2.24, 2.45) is 5.92 Å². The van der Waals surface area contributed by atoms with Gasteiger partial charge in [-0.25, -0.2) is 0 Å². The van der Waals surface area contributed by atoms with Crippen molar-refractivity contribution in [1.82, 2.24) is 5.32 Å². The second-order valence-electron chi connectivity index (χ2n) is 4.53. The van der Waals surface area contributed by atoms with E-state index in [1.165, 1.54) is 19.3 Å². The van der Waals surface area contributed by atoms with Crippen molar-refractivity contribution < 1.29 is 9.21 Å². The molecule has 1 amide bonds. The minimum Gasteiger partial charge on any atom is -0.469 e. The summed E-state index contributed by atoms with van der Waals surface area (Å²) < 4.78 is 5.26. The minimum absolute atomic E-state index is 0.0119. The zero-order valence-electron chi connectivity index (χ0n) is 10.0. The fourth-order valence-electron chi connectivity index (χ4n) is 2.36. The molecule has 1 aromatic rings. The van der Waals surface area contributed by atoms with Crippen molar-refractivity contribution in [2.75, 3.05) is 6.54 Å². The molecule has 0 aromatic carbocycles. The summed E-state index contributed by atoms with van der Waals surface area (Å²) in [7, 11) is 0. The summed E-state index contributed by atoms with van der Waals surface area (Å²) in [4.78, 5) is 12.5. The second kappa shape index (κ2) is 5.71. The van der Waals surface area contributed by atoms with E-state index in [0.29, 0.717) is 16.3 Å². The maximum absolute atomic E-state index is 12.0. The van der Waals surface area contributed by atoms with Crippen molar-refractivity contribution in [1.29, 1.82) is 0 Å². The van der Waals surface area contributed by atoms with E-state index >= 15 is 0 Å². The van der Waals surface area contributed by atoms with E-state index in [1.807, 2.05) is 6.92 Å². The number of alkyl halides is 1. The van der Waals surface area contributed by atoms with E-state index in [-0.39, 0.29) is 5.91 Å². The van der Waals surface area contributed by atoms with Gasteiger partial charge in [-0.05, 0) is 24.8 Å². The molecule has 2 unspecified atom stereocenters. The molecule has 94 valence electrons. The summed E-state index contributed by atoms with van der Waals surface area (Å²) in [5, 5.41) is 3.00. The lowest BCUT2D eigenvalue weighted by Gasteiger charge is -2.14. The highest BCUT2D eigenvalue weighted by Gasteiger charge is 2.25. The van der Waals surface area contributed by atoms with E-state index < -0.39 is 0 Å². The number of halogens is 1. The minimum atomic E-state index is -0.0119. The van der Waals surface area contributed by atoms with Gasteiger partial charge in [0.15, 0.2) is 0 Å². The first kappa shape index (κ1) is 12.7. The van der Waals surface area contributed by atoms with E-state index in [0.717, 1.165) is 18.7 Å². The largest absolute Gasteiger partial charge is 0.469 e. The van der Waals surface area contributed by atoms with Crippen molar-refractivity contribution >= 4 is 21.8 Å². The second-order valence-corrected chi connectivity index (χ2v) is 5.70. The topological polar surface area (TPSA) is 42.2 Å². The maximum atomic E-state index is 12.0. The van der Waals surface area contributed by atoms with Crippen LogP contribution in [-0.4, -0.2) is 17.3 Å². The Morgan fingerprint density at radius 2 is 2.41 bits per heavy atom. The fourth-order valence-corrected chi connectivity index (χ4v) is 3.13. The molecule has 0 saturated heterocycles. The highest BCUT2D eigenvalue weighted by atomic mass is 79.9. The van der Waals surface area contributed by atoms with Gasteiger partial charge in [0.1, 0.15) is 5.76 Å². The highest BCUT2D eigenvalue weighted by Crippen LogP contribution is 2.30. The standard InChI is InChI=1S/C13H18BrNO2/c1-2-12-10(6-7-17-12)13(16)15-8-9-4-3-5-11(9)14/h6-7,9,11H,2-5,8H2,1H3,(H,15,16). The van der Waals surface area contributed by atoms with Gasteiger partial charge >= 0.3 is 0 Å². The number of rotatable bonds is 4. The summed E-state index contributed by atoms with van der Waals surface area (Å²) in [6.45, 7) is 2.74. The highest BCUT2D eigenvalue weighted by molar-refractivity contribution is 9.09. The zero-order chi connectivity index (χ0) is 12.3. The Morgan fingerprint density at radius 3 is 3.06 bits per heavy atom. The van der Waals surface area contributed by atoms with E-state index in [2.05, 4.69) is 21.2 Å². The monoisotopic (exact) mass is 299 g/mol. The molecular weight excluding hydrogens is 282 g/mol. The van der Waals surface area contributed by atoms with E-state index in [9.17, 15) is 4.79 Å². The van der Waals surface area contributed by atoms with Crippen LogP contribution in [0.4, 0.5) is 0 Å². The average Bonchev–Trinajstić information content (AvgIpc) is 2.94. The molecule has 1 fully saturated rings. The molecule has 1 saturated carbocycles. The van der Waals surface area contributed by atoms with Crippen LogP contribution in [0.25, 0.3) is 0 Å². The smallest absolute Gasteiger partial charge is 0.254 e. The summed E-state index contributed by atoms with van der Waals surface area (Å²) in [6, 6.07) is 1.74. The molecule has 0 aliphatic heterocycles. The van der Waals surface area contributed by atoms with Gasteiger partial charge in [0.05, 0.1) is 11.8 Å². The summed E-state index contributed by atoms with van der Waals surface area (Å²) >= 11 is 3.66. The van der Waals surface area contributed by atoms with Gasteiger partial charge in [0.2, 0.25) is 0 Å². The van der Waals surface area contributed by atoms with Gasteiger partial charge in [-0.2, -0.15) is 0 Å². The molecule has 0 bridgehead atoms. The lowest BCUT2D eigenvalue weighted by molar-refractivity contribution is 0.0946. The van der Waals surface area contributed by atoms with Gasteiger partial charge in [-0.1, -0.05) is 29.3 Å². The Balaban J connectivity index is 1.89. The number of furan rings is 1. The number of hydrogen-bond acceptors (Lipinski definition) is 2. The first-order valence-corrected chi connectivity index (χ1v) is 7.12. The summed E-state index contributed by atoms with van der Waals surface area (Å²) in [6.07, 6.45) is 5.99.